The highest BCUT2D eigenvalue weighted by atomic mass is 14.3. The summed E-state index contributed by atoms with van der Waals surface area (Å²) in [6.07, 6.45) is 20.3. The lowest BCUT2D eigenvalue weighted by Crippen LogP contribution is -2.10. The van der Waals surface area contributed by atoms with Crippen molar-refractivity contribution in [1.82, 2.24) is 0 Å². The molecule has 2 aromatic carbocycles. The van der Waals surface area contributed by atoms with E-state index in [-0.39, 0.29) is 0 Å². The Kier molecular flexibility index (Phi) is 7.44. The first-order chi connectivity index (χ1) is 13.7. The zero-order valence-electron chi connectivity index (χ0n) is 17.0. The first-order valence-corrected chi connectivity index (χ1v) is 10.2. The highest BCUT2D eigenvalue weighted by molar-refractivity contribution is 5.52. The quantitative estimate of drug-likeness (QED) is 0.373. The SMILES string of the molecule is CC(=CC=Cc1ccccc1)C1CC=CCC(C)C1=CC=Cc1ccccc1. The van der Waals surface area contributed by atoms with Crippen molar-refractivity contribution < 1.29 is 0 Å². The monoisotopic (exact) mass is 366 g/mol. The largest absolute Gasteiger partial charge is 0.0879 e. The molecule has 0 saturated heterocycles. The Morgan fingerprint density at radius 3 is 2.00 bits per heavy atom. The second-order valence-corrected chi connectivity index (χ2v) is 7.51. The summed E-state index contributed by atoms with van der Waals surface area (Å²) in [5, 5.41) is 0. The Labute approximate surface area is 170 Å². The van der Waals surface area contributed by atoms with Gasteiger partial charge in [0.25, 0.3) is 0 Å². The van der Waals surface area contributed by atoms with Crippen molar-refractivity contribution in [2.24, 2.45) is 11.8 Å². The van der Waals surface area contributed by atoms with Gasteiger partial charge in [0.15, 0.2) is 0 Å². The van der Waals surface area contributed by atoms with E-state index in [9.17, 15) is 0 Å². The van der Waals surface area contributed by atoms with Crippen LogP contribution in [0.15, 0.2) is 108 Å². The fourth-order valence-corrected chi connectivity index (χ4v) is 3.70. The highest BCUT2D eigenvalue weighted by Gasteiger charge is 2.21. The molecular formula is C28H30. The number of benzene rings is 2. The van der Waals surface area contributed by atoms with Gasteiger partial charge in [0.1, 0.15) is 0 Å². The van der Waals surface area contributed by atoms with Gasteiger partial charge in [-0.1, -0.05) is 127 Å². The van der Waals surface area contributed by atoms with Crippen LogP contribution in [0, 0.1) is 11.8 Å². The summed E-state index contributed by atoms with van der Waals surface area (Å²) in [4.78, 5) is 0. The molecule has 0 radical (unpaired) electrons. The molecule has 2 unspecified atom stereocenters. The highest BCUT2D eigenvalue weighted by Crippen LogP contribution is 2.34. The minimum absolute atomic E-state index is 0.467. The number of hydrogen-bond donors (Lipinski definition) is 0. The fourth-order valence-electron chi connectivity index (χ4n) is 3.70. The van der Waals surface area contributed by atoms with Crippen molar-refractivity contribution in [3.63, 3.8) is 0 Å². The second kappa shape index (κ2) is 10.5. The van der Waals surface area contributed by atoms with E-state index < -0.39 is 0 Å². The summed E-state index contributed by atoms with van der Waals surface area (Å²) in [5.74, 6) is 1.03. The standard InChI is InChI=1S/C28H30/c1-23-13-9-10-21-27(24(2)14-11-19-25-15-5-3-6-16-25)28(23)22-12-20-26-17-7-4-8-18-26/h3-12,14-20,22-23,27H,13,21H2,1-2H3. The van der Waals surface area contributed by atoms with Gasteiger partial charge in [0, 0.05) is 5.92 Å². The summed E-state index contributed by atoms with van der Waals surface area (Å²) in [5.41, 5.74) is 5.43. The lowest BCUT2D eigenvalue weighted by Gasteiger charge is -2.23. The van der Waals surface area contributed by atoms with E-state index >= 15 is 0 Å². The van der Waals surface area contributed by atoms with E-state index in [1.54, 1.807) is 0 Å². The van der Waals surface area contributed by atoms with Crippen LogP contribution in [-0.4, -0.2) is 0 Å². The van der Waals surface area contributed by atoms with Crippen LogP contribution in [0.25, 0.3) is 12.2 Å². The summed E-state index contributed by atoms with van der Waals surface area (Å²) in [6.45, 7) is 4.61. The van der Waals surface area contributed by atoms with Crippen molar-refractivity contribution >= 4 is 12.2 Å². The molecule has 3 rings (SSSR count). The molecule has 1 aliphatic rings. The average molecular weight is 367 g/mol. The molecule has 0 bridgehead atoms. The van der Waals surface area contributed by atoms with Crippen molar-refractivity contribution in [3.05, 3.63) is 119 Å². The molecule has 0 amide bonds. The van der Waals surface area contributed by atoms with Crippen LogP contribution in [0.1, 0.15) is 37.8 Å². The molecule has 0 heterocycles. The predicted molar refractivity (Wildman–Crippen MR) is 124 cm³/mol. The van der Waals surface area contributed by atoms with E-state index in [1.165, 1.54) is 22.3 Å². The first-order valence-electron chi connectivity index (χ1n) is 10.2. The number of hydrogen-bond acceptors (Lipinski definition) is 0. The molecule has 28 heavy (non-hydrogen) atoms. The number of rotatable bonds is 5. The third kappa shape index (κ3) is 5.82. The van der Waals surface area contributed by atoms with Crippen LogP contribution in [0.3, 0.4) is 0 Å². The normalized spacial score (nSPS) is 22.2. The molecule has 0 nitrogen and oxygen atoms in total. The molecular weight excluding hydrogens is 336 g/mol. The van der Waals surface area contributed by atoms with E-state index in [0.29, 0.717) is 11.8 Å². The van der Waals surface area contributed by atoms with Gasteiger partial charge in [0.05, 0.1) is 0 Å². The lowest BCUT2D eigenvalue weighted by atomic mass is 9.82. The Morgan fingerprint density at radius 2 is 1.36 bits per heavy atom. The average Bonchev–Trinajstić information content (AvgIpc) is 2.91. The van der Waals surface area contributed by atoms with Crippen LogP contribution in [0.2, 0.25) is 0 Å². The molecule has 0 aliphatic heterocycles. The smallest absolute Gasteiger partial charge is 0.00477 e. The van der Waals surface area contributed by atoms with Crippen LogP contribution in [0.5, 0.6) is 0 Å². The molecule has 0 aromatic heterocycles. The molecule has 0 heteroatoms. The van der Waals surface area contributed by atoms with Gasteiger partial charge in [-0.15, -0.1) is 0 Å². The van der Waals surface area contributed by atoms with E-state index in [1.807, 2.05) is 0 Å². The zero-order chi connectivity index (χ0) is 19.6. The minimum atomic E-state index is 0.467. The molecule has 0 spiro atoms. The topological polar surface area (TPSA) is 0 Å². The van der Waals surface area contributed by atoms with E-state index in [2.05, 4.69) is 123 Å². The van der Waals surface area contributed by atoms with Gasteiger partial charge < -0.3 is 0 Å². The van der Waals surface area contributed by atoms with Crippen molar-refractivity contribution in [3.8, 4) is 0 Å². The molecule has 142 valence electrons. The minimum Gasteiger partial charge on any atom is -0.0879 e. The first kappa shape index (κ1) is 19.9. The van der Waals surface area contributed by atoms with Crippen molar-refractivity contribution in [2.45, 2.75) is 26.7 Å². The van der Waals surface area contributed by atoms with Gasteiger partial charge in [-0.25, -0.2) is 0 Å². The lowest BCUT2D eigenvalue weighted by molar-refractivity contribution is 0.596. The Morgan fingerprint density at radius 1 is 0.786 bits per heavy atom. The summed E-state index contributed by atoms with van der Waals surface area (Å²) in [6, 6.07) is 21.0. The Hall–Kier alpha value is -2.86. The Bertz CT molecular complexity index is 876. The summed E-state index contributed by atoms with van der Waals surface area (Å²) >= 11 is 0. The third-order valence-electron chi connectivity index (χ3n) is 5.37. The molecule has 2 atom stereocenters. The summed E-state index contributed by atoms with van der Waals surface area (Å²) < 4.78 is 0. The van der Waals surface area contributed by atoms with Gasteiger partial charge in [0.2, 0.25) is 0 Å². The predicted octanol–water partition coefficient (Wildman–Crippen LogP) is 7.89. The van der Waals surface area contributed by atoms with E-state index in [4.69, 9.17) is 0 Å². The van der Waals surface area contributed by atoms with Gasteiger partial charge >= 0.3 is 0 Å². The van der Waals surface area contributed by atoms with Crippen LogP contribution in [0.4, 0.5) is 0 Å². The van der Waals surface area contributed by atoms with Crippen LogP contribution < -0.4 is 0 Å². The van der Waals surface area contributed by atoms with Crippen LogP contribution in [-0.2, 0) is 0 Å². The zero-order valence-corrected chi connectivity index (χ0v) is 17.0. The summed E-state index contributed by atoms with van der Waals surface area (Å²) in [7, 11) is 0. The fraction of sp³-hybridized carbons (Fsp3) is 0.214. The Balaban J connectivity index is 1.79. The van der Waals surface area contributed by atoms with Gasteiger partial charge in [-0.2, -0.15) is 0 Å². The molecule has 0 fully saturated rings. The van der Waals surface area contributed by atoms with Gasteiger partial charge in [-0.05, 0) is 36.8 Å². The molecule has 0 saturated carbocycles. The maximum Gasteiger partial charge on any atom is 0.00477 e. The molecule has 2 aromatic rings. The van der Waals surface area contributed by atoms with Gasteiger partial charge in [-0.3, -0.25) is 0 Å². The van der Waals surface area contributed by atoms with Crippen molar-refractivity contribution in [1.29, 1.82) is 0 Å². The molecule has 0 N–H and O–H groups in total. The molecule has 1 aliphatic carbocycles. The number of allylic oxidation sites excluding steroid dienone is 8. The maximum atomic E-state index is 2.35. The maximum absolute atomic E-state index is 2.35. The van der Waals surface area contributed by atoms with Crippen LogP contribution >= 0.6 is 0 Å². The van der Waals surface area contributed by atoms with E-state index in [0.717, 1.165) is 12.8 Å². The van der Waals surface area contributed by atoms with Crippen molar-refractivity contribution in [2.75, 3.05) is 0 Å². The second-order valence-electron chi connectivity index (χ2n) is 7.51. The third-order valence-corrected chi connectivity index (χ3v) is 5.37.